The predicted octanol–water partition coefficient (Wildman–Crippen LogP) is 3.61. The van der Waals surface area contributed by atoms with Crippen LogP contribution >= 0.6 is 22.9 Å². The van der Waals surface area contributed by atoms with Gasteiger partial charge in [-0.3, -0.25) is 4.79 Å². The fraction of sp³-hybridized carbons (Fsp3) is 0.0769. The lowest BCUT2D eigenvalue weighted by atomic mass is 10.2. The second-order valence-electron chi connectivity index (χ2n) is 3.96. The Bertz CT molecular complexity index is 791. The predicted molar refractivity (Wildman–Crippen MR) is 75.4 cm³/mol. The van der Waals surface area contributed by atoms with Crippen molar-refractivity contribution in [1.82, 2.24) is 9.97 Å². The summed E-state index contributed by atoms with van der Waals surface area (Å²) in [7, 11) is 0. The number of fused-ring (bicyclic) bond motifs is 1. The Labute approximate surface area is 112 Å². The summed E-state index contributed by atoms with van der Waals surface area (Å²) in [5.74, 6) is 0.621. The molecule has 0 amide bonds. The summed E-state index contributed by atoms with van der Waals surface area (Å²) < 4.78 is 0.635. The Morgan fingerprint density at radius 3 is 2.89 bits per heavy atom. The molecule has 0 unspecified atom stereocenters. The molecule has 0 atom stereocenters. The molecule has 2 aromatic heterocycles. The van der Waals surface area contributed by atoms with E-state index in [1.54, 1.807) is 6.92 Å². The number of aromatic nitrogens is 2. The second kappa shape index (κ2) is 4.23. The maximum absolute atomic E-state index is 11.8. The average Bonchev–Trinajstić information content (AvgIpc) is 2.73. The van der Waals surface area contributed by atoms with E-state index in [0.29, 0.717) is 15.5 Å². The monoisotopic (exact) mass is 276 g/mol. The van der Waals surface area contributed by atoms with Gasteiger partial charge in [-0.25, -0.2) is 4.98 Å². The largest absolute Gasteiger partial charge is 0.310 e. The Balaban J connectivity index is 2.30. The number of halogens is 1. The lowest BCUT2D eigenvalue weighted by Gasteiger charge is -1.98. The number of hydrogen-bond donors (Lipinski definition) is 1. The number of hydrogen-bond acceptors (Lipinski definition) is 3. The minimum atomic E-state index is -0.0965. The van der Waals surface area contributed by atoms with Crippen molar-refractivity contribution in [3.05, 3.63) is 51.5 Å². The maximum atomic E-state index is 11.8. The van der Waals surface area contributed by atoms with E-state index in [9.17, 15) is 4.79 Å². The molecule has 3 aromatic rings. The van der Waals surface area contributed by atoms with Gasteiger partial charge in [0.25, 0.3) is 5.56 Å². The smallest absolute Gasteiger partial charge is 0.268 e. The van der Waals surface area contributed by atoms with Crippen molar-refractivity contribution in [3.8, 4) is 10.4 Å². The van der Waals surface area contributed by atoms with Crippen LogP contribution in [0.2, 0.25) is 5.02 Å². The highest BCUT2D eigenvalue weighted by Gasteiger charge is 2.10. The molecular formula is C13H9ClN2OS. The first-order valence-corrected chi connectivity index (χ1v) is 6.60. The molecule has 0 aliphatic rings. The summed E-state index contributed by atoms with van der Waals surface area (Å²) in [6.07, 6.45) is 0. The molecule has 5 heteroatoms. The second-order valence-corrected chi connectivity index (χ2v) is 5.42. The van der Waals surface area contributed by atoms with Crippen LogP contribution in [0, 0.1) is 6.92 Å². The zero-order valence-electron chi connectivity index (χ0n) is 9.53. The molecule has 18 heavy (non-hydrogen) atoms. The van der Waals surface area contributed by atoms with Crippen LogP contribution in [-0.4, -0.2) is 9.97 Å². The molecule has 0 saturated heterocycles. The number of nitrogens with one attached hydrogen (secondary N) is 1. The van der Waals surface area contributed by atoms with E-state index < -0.39 is 0 Å². The third-order valence-corrected chi connectivity index (χ3v) is 4.13. The van der Waals surface area contributed by atoms with Gasteiger partial charge in [0.05, 0.1) is 5.52 Å². The van der Waals surface area contributed by atoms with Gasteiger partial charge in [-0.05, 0) is 19.1 Å². The van der Waals surface area contributed by atoms with Crippen molar-refractivity contribution in [2.24, 2.45) is 0 Å². The molecule has 1 N–H and O–H groups in total. The molecule has 0 fully saturated rings. The number of rotatable bonds is 1. The molecule has 0 aliphatic carbocycles. The quantitative estimate of drug-likeness (QED) is 0.738. The molecule has 0 bridgehead atoms. The molecule has 3 nitrogen and oxygen atoms in total. The normalized spacial score (nSPS) is 11.0. The molecule has 3 rings (SSSR count). The van der Waals surface area contributed by atoms with E-state index in [1.807, 2.05) is 30.3 Å². The third kappa shape index (κ3) is 1.83. The zero-order chi connectivity index (χ0) is 12.7. The van der Waals surface area contributed by atoms with E-state index in [-0.39, 0.29) is 5.56 Å². The standard InChI is InChI=1S/C13H9ClN2OS/c1-7-15-10-6-11(18-12(10)13(17)16-7)8-4-2-3-5-9(8)14/h2-6H,1H3,(H,15,16,17). The van der Waals surface area contributed by atoms with Crippen LogP contribution in [0.3, 0.4) is 0 Å². The third-order valence-electron chi connectivity index (χ3n) is 2.64. The number of H-pyrrole nitrogens is 1. The van der Waals surface area contributed by atoms with E-state index in [2.05, 4.69) is 9.97 Å². The van der Waals surface area contributed by atoms with Gasteiger partial charge in [-0.15, -0.1) is 11.3 Å². The van der Waals surface area contributed by atoms with Crippen molar-refractivity contribution < 1.29 is 0 Å². The molecule has 0 radical (unpaired) electrons. The summed E-state index contributed by atoms with van der Waals surface area (Å²) in [4.78, 5) is 19.8. The van der Waals surface area contributed by atoms with Crippen molar-refractivity contribution >= 4 is 33.2 Å². The van der Waals surface area contributed by atoms with Crippen LogP contribution in [0.15, 0.2) is 35.1 Å². The fourth-order valence-corrected chi connectivity index (χ4v) is 3.18. The summed E-state index contributed by atoms with van der Waals surface area (Å²) in [6, 6.07) is 9.49. The number of aromatic amines is 1. The van der Waals surface area contributed by atoms with Gasteiger partial charge >= 0.3 is 0 Å². The minimum Gasteiger partial charge on any atom is -0.310 e. The van der Waals surface area contributed by atoms with Crippen molar-refractivity contribution in [1.29, 1.82) is 0 Å². The highest BCUT2D eigenvalue weighted by atomic mass is 35.5. The van der Waals surface area contributed by atoms with Gasteiger partial charge in [-0.2, -0.15) is 0 Å². The van der Waals surface area contributed by atoms with Gasteiger partial charge in [-0.1, -0.05) is 29.8 Å². The van der Waals surface area contributed by atoms with Gasteiger partial charge < -0.3 is 4.98 Å². The van der Waals surface area contributed by atoms with Gasteiger partial charge in [0.2, 0.25) is 0 Å². The minimum absolute atomic E-state index is 0.0965. The van der Waals surface area contributed by atoms with Crippen molar-refractivity contribution in [2.45, 2.75) is 6.92 Å². The van der Waals surface area contributed by atoms with Gasteiger partial charge in [0, 0.05) is 15.5 Å². The lowest BCUT2D eigenvalue weighted by Crippen LogP contribution is -2.07. The summed E-state index contributed by atoms with van der Waals surface area (Å²) >= 11 is 7.57. The Morgan fingerprint density at radius 1 is 1.33 bits per heavy atom. The summed E-state index contributed by atoms with van der Waals surface area (Å²) in [5.41, 5.74) is 1.55. The first-order chi connectivity index (χ1) is 8.65. The Hall–Kier alpha value is -1.65. The summed E-state index contributed by atoms with van der Waals surface area (Å²) in [5, 5.41) is 0.678. The van der Waals surface area contributed by atoms with Crippen LogP contribution in [-0.2, 0) is 0 Å². The van der Waals surface area contributed by atoms with Crippen LogP contribution in [0.4, 0.5) is 0 Å². The van der Waals surface area contributed by atoms with Crippen LogP contribution in [0.25, 0.3) is 20.7 Å². The van der Waals surface area contributed by atoms with E-state index in [1.165, 1.54) is 11.3 Å². The van der Waals surface area contributed by atoms with Gasteiger partial charge in [0.1, 0.15) is 10.5 Å². The fourth-order valence-electron chi connectivity index (χ4n) is 1.85. The van der Waals surface area contributed by atoms with Gasteiger partial charge in [0.15, 0.2) is 0 Å². The number of aryl methyl sites for hydroxylation is 1. The van der Waals surface area contributed by atoms with E-state index >= 15 is 0 Å². The molecule has 0 aliphatic heterocycles. The molecule has 90 valence electrons. The number of benzene rings is 1. The molecule has 0 saturated carbocycles. The maximum Gasteiger partial charge on any atom is 0.268 e. The average molecular weight is 277 g/mol. The molecular weight excluding hydrogens is 268 g/mol. The van der Waals surface area contributed by atoms with Crippen LogP contribution in [0.5, 0.6) is 0 Å². The van der Waals surface area contributed by atoms with Crippen LogP contribution in [0.1, 0.15) is 5.82 Å². The van der Waals surface area contributed by atoms with E-state index in [4.69, 9.17) is 11.6 Å². The first-order valence-electron chi connectivity index (χ1n) is 5.40. The molecule has 2 heterocycles. The Morgan fingerprint density at radius 2 is 2.11 bits per heavy atom. The van der Waals surface area contributed by atoms with Crippen LogP contribution < -0.4 is 5.56 Å². The number of thiophene rings is 1. The van der Waals surface area contributed by atoms with Crippen molar-refractivity contribution in [2.75, 3.05) is 0 Å². The first kappa shape index (κ1) is 11.4. The van der Waals surface area contributed by atoms with Crippen molar-refractivity contribution in [3.63, 3.8) is 0 Å². The topological polar surface area (TPSA) is 45.8 Å². The SMILES string of the molecule is Cc1nc2cc(-c3ccccc3Cl)sc2c(=O)[nH]1. The Kier molecular flexibility index (Phi) is 2.69. The highest BCUT2D eigenvalue weighted by molar-refractivity contribution is 7.22. The molecule has 1 aromatic carbocycles. The summed E-state index contributed by atoms with van der Waals surface area (Å²) in [6.45, 7) is 1.77. The van der Waals surface area contributed by atoms with E-state index in [0.717, 1.165) is 16.0 Å². The molecule has 0 spiro atoms. The highest BCUT2D eigenvalue weighted by Crippen LogP contribution is 2.34. The zero-order valence-corrected chi connectivity index (χ0v) is 11.1. The number of nitrogens with zero attached hydrogens (tertiary/aromatic N) is 1. The lowest BCUT2D eigenvalue weighted by molar-refractivity contribution is 1.06.